The van der Waals surface area contributed by atoms with E-state index in [1.165, 1.54) is 36.9 Å². The van der Waals surface area contributed by atoms with E-state index >= 15 is 0 Å². The summed E-state index contributed by atoms with van der Waals surface area (Å²) in [5, 5.41) is 4.68. The van der Waals surface area contributed by atoms with Crippen LogP contribution in [0.1, 0.15) is 31.4 Å². The SMILES string of the molecule is Cn1nc(-c2ccccc2)cc1C1(CN)CCCC1. The van der Waals surface area contributed by atoms with Crippen molar-refractivity contribution in [1.82, 2.24) is 9.78 Å². The zero-order valence-corrected chi connectivity index (χ0v) is 11.5. The molecule has 1 aliphatic rings. The van der Waals surface area contributed by atoms with Gasteiger partial charge in [-0.3, -0.25) is 4.68 Å². The summed E-state index contributed by atoms with van der Waals surface area (Å²) in [6, 6.07) is 12.6. The van der Waals surface area contributed by atoms with E-state index in [1.54, 1.807) is 0 Å². The summed E-state index contributed by atoms with van der Waals surface area (Å²) in [7, 11) is 2.04. The van der Waals surface area contributed by atoms with Crippen molar-refractivity contribution < 1.29 is 0 Å². The third-order valence-corrected chi connectivity index (χ3v) is 4.44. The van der Waals surface area contributed by atoms with Gasteiger partial charge in [0.1, 0.15) is 0 Å². The smallest absolute Gasteiger partial charge is 0.0926 e. The van der Waals surface area contributed by atoms with Gasteiger partial charge in [0, 0.05) is 30.3 Å². The summed E-state index contributed by atoms with van der Waals surface area (Å²) < 4.78 is 2.03. The summed E-state index contributed by atoms with van der Waals surface area (Å²) in [6.45, 7) is 0.723. The maximum absolute atomic E-state index is 6.08. The summed E-state index contributed by atoms with van der Waals surface area (Å²) in [5.74, 6) is 0. The van der Waals surface area contributed by atoms with Crippen LogP contribution in [0.15, 0.2) is 36.4 Å². The van der Waals surface area contributed by atoms with Crippen LogP contribution in [0.2, 0.25) is 0 Å². The van der Waals surface area contributed by atoms with Gasteiger partial charge in [-0.1, -0.05) is 43.2 Å². The average molecular weight is 255 g/mol. The zero-order chi connectivity index (χ0) is 13.3. The van der Waals surface area contributed by atoms with E-state index in [0.717, 1.165) is 12.2 Å². The number of hydrogen-bond acceptors (Lipinski definition) is 2. The molecule has 1 heterocycles. The standard InChI is InChI=1S/C16H21N3/c1-19-15(16(12-17)9-5-6-10-16)11-14(18-19)13-7-3-2-4-8-13/h2-4,7-8,11H,5-6,9-10,12,17H2,1H3. The fourth-order valence-corrected chi connectivity index (χ4v) is 3.33. The molecular weight excluding hydrogens is 234 g/mol. The highest BCUT2D eigenvalue weighted by Gasteiger charge is 2.37. The normalized spacial score (nSPS) is 17.8. The largest absolute Gasteiger partial charge is 0.330 e. The van der Waals surface area contributed by atoms with Crippen LogP contribution in [0.25, 0.3) is 11.3 Å². The Kier molecular flexibility index (Phi) is 3.15. The molecule has 0 unspecified atom stereocenters. The molecule has 2 N–H and O–H groups in total. The summed E-state index contributed by atoms with van der Waals surface area (Å²) in [4.78, 5) is 0. The highest BCUT2D eigenvalue weighted by atomic mass is 15.3. The molecule has 0 amide bonds. The van der Waals surface area contributed by atoms with Crippen LogP contribution < -0.4 is 5.73 Å². The lowest BCUT2D eigenvalue weighted by atomic mass is 9.82. The molecule has 3 nitrogen and oxygen atoms in total. The van der Waals surface area contributed by atoms with Crippen molar-refractivity contribution >= 4 is 0 Å². The Labute approximate surface area is 114 Å². The van der Waals surface area contributed by atoms with E-state index in [4.69, 9.17) is 5.73 Å². The fraction of sp³-hybridized carbons (Fsp3) is 0.438. The van der Waals surface area contributed by atoms with E-state index < -0.39 is 0 Å². The van der Waals surface area contributed by atoms with Gasteiger partial charge in [-0.2, -0.15) is 5.10 Å². The van der Waals surface area contributed by atoms with E-state index in [0.29, 0.717) is 0 Å². The van der Waals surface area contributed by atoms with E-state index in [1.807, 2.05) is 17.8 Å². The molecule has 2 aromatic rings. The first-order chi connectivity index (χ1) is 9.25. The highest BCUT2D eigenvalue weighted by Crippen LogP contribution is 2.41. The van der Waals surface area contributed by atoms with Crippen molar-refractivity contribution in [2.45, 2.75) is 31.1 Å². The first kappa shape index (κ1) is 12.4. The Balaban J connectivity index is 2.02. The van der Waals surface area contributed by atoms with Gasteiger partial charge < -0.3 is 5.73 Å². The van der Waals surface area contributed by atoms with Crippen LogP contribution in [0.5, 0.6) is 0 Å². The van der Waals surface area contributed by atoms with E-state index in [2.05, 4.69) is 35.4 Å². The van der Waals surface area contributed by atoms with Crippen LogP contribution in [0.3, 0.4) is 0 Å². The second-order valence-electron chi connectivity index (χ2n) is 5.60. The minimum Gasteiger partial charge on any atom is -0.330 e. The lowest BCUT2D eigenvalue weighted by Gasteiger charge is -2.27. The van der Waals surface area contributed by atoms with Gasteiger partial charge in [-0.05, 0) is 18.9 Å². The maximum Gasteiger partial charge on any atom is 0.0926 e. The molecule has 3 heteroatoms. The third kappa shape index (κ3) is 2.08. The topological polar surface area (TPSA) is 43.8 Å². The molecule has 1 aliphatic carbocycles. The quantitative estimate of drug-likeness (QED) is 0.916. The number of aryl methyl sites for hydroxylation is 1. The van der Waals surface area contributed by atoms with Gasteiger partial charge in [0.15, 0.2) is 0 Å². The minimum atomic E-state index is 0.148. The van der Waals surface area contributed by atoms with Gasteiger partial charge in [0.05, 0.1) is 5.69 Å². The Morgan fingerprint density at radius 1 is 1.21 bits per heavy atom. The first-order valence-electron chi connectivity index (χ1n) is 7.05. The van der Waals surface area contributed by atoms with Crippen molar-refractivity contribution in [3.05, 3.63) is 42.1 Å². The molecule has 1 fully saturated rings. The molecule has 0 saturated heterocycles. The Hall–Kier alpha value is -1.61. The molecule has 1 aromatic heterocycles. The number of nitrogens with zero attached hydrogens (tertiary/aromatic N) is 2. The van der Waals surface area contributed by atoms with Crippen LogP contribution in [0.4, 0.5) is 0 Å². The van der Waals surface area contributed by atoms with E-state index in [-0.39, 0.29) is 5.41 Å². The first-order valence-corrected chi connectivity index (χ1v) is 7.05. The molecule has 0 bridgehead atoms. The monoisotopic (exact) mass is 255 g/mol. The zero-order valence-electron chi connectivity index (χ0n) is 11.5. The molecule has 100 valence electrons. The second-order valence-corrected chi connectivity index (χ2v) is 5.60. The van der Waals surface area contributed by atoms with Crippen LogP contribution >= 0.6 is 0 Å². The molecule has 0 radical (unpaired) electrons. The van der Waals surface area contributed by atoms with E-state index in [9.17, 15) is 0 Å². The van der Waals surface area contributed by atoms with Crippen molar-refractivity contribution in [1.29, 1.82) is 0 Å². The van der Waals surface area contributed by atoms with Crippen molar-refractivity contribution in [2.75, 3.05) is 6.54 Å². The number of aromatic nitrogens is 2. The minimum absolute atomic E-state index is 0.148. The van der Waals surface area contributed by atoms with Gasteiger partial charge >= 0.3 is 0 Å². The maximum atomic E-state index is 6.08. The number of rotatable bonds is 3. The lowest BCUT2D eigenvalue weighted by molar-refractivity contribution is 0.417. The van der Waals surface area contributed by atoms with Crippen LogP contribution in [-0.2, 0) is 12.5 Å². The fourth-order valence-electron chi connectivity index (χ4n) is 3.33. The Morgan fingerprint density at radius 3 is 2.53 bits per heavy atom. The molecule has 0 atom stereocenters. The Morgan fingerprint density at radius 2 is 1.89 bits per heavy atom. The highest BCUT2D eigenvalue weighted by molar-refractivity contribution is 5.59. The number of benzene rings is 1. The summed E-state index contributed by atoms with van der Waals surface area (Å²) in [5.41, 5.74) is 9.75. The molecular formula is C16H21N3. The van der Waals surface area contributed by atoms with Gasteiger partial charge in [-0.25, -0.2) is 0 Å². The van der Waals surface area contributed by atoms with Gasteiger partial charge in [0.25, 0.3) is 0 Å². The molecule has 1 saturated carbocycles. The molecule has 3 rings (SSSR count). The molecule has 0 aliphatic heterocycles. The lowest BCUT2D eigenvalue weighted by Crippen LogP contribution is -2.34. The Bertz CT molecular complexity index is 551. The predicted octanol–water partition coefficient (Wildman–Crippen LogP) is 2.86. The molecule has 0 spiro atoms. The third-order valence-electron chi connectivity index (χ3n) is 4.44. The molecule has 1 aromatic carbocycles. The molecule has 19 heavy (non-hydrogen) atoms. The van der Waals surface area contributed by atoms with Crippen molar-refractivity contribution in [2.24, 2.45) is 12.8 Å². The van der Waals surface area contributed by atoms with Crippen molar-refractivity contribution in [3.63, 3.8) is 0 Å². The summed E-state index contributed by atoms with van der Waals surface area (Å²) in [6.07, 6.45) is 4.95. The van der Waals surface area contributed by atoms with Gasteiger partial charge in [0.2, 0.25) is 0 Å². The predicted molar refractivity (Wildman–Crippen MR) is 77.8 cm³/mol. The van der Waals surface area contributed by atoms with Crippen molar-refractivity contribution in [3.8, 4) is 11.3 Å². The average Bonchev–Trinajstić information content (AvgIpc) is 3.07. The number of hydrogen-bond donors (Lipinski definition) is 1. The van der Waals surface area contributed by atoms with Gasteiger partial charge in [-0.15, -0.1) is 0 Å². The number of nitrogens with two attached hydrogens (primary N) is 1. The van der Waals surface area contributed by atoms with Crippen LogP contribution in [-0.4, -0.2) is 16.3 Å². The van der Waals surface area contributed by atoms with Crippen LogP contribution in [0, 0.1) is 0 Å². The summed E-state index contributed by atoms with van der Waals surface area (Å²) >= 11 is 0. The second kappa shape index (κ2) is 4.82.